The molecule has 0 aromatic heterocycles. The van der Waals surface area contributed by atoms with Crippen LogP contribution in [0.2, 0.25) is 0 Å². The van der Waals surface area contributed by atoms with E-state index in [2.05, 4.69) is 163 Å². The molecule has 0 aliphatic carbocycles. The van der Waals surface area contributed by atoms with E-state index in [4.69, 9.17) is 0 Å². The summed E-state index contributed by atoms with van der Waals surface area (Å²) in [6.07, 6.45) is 4.60. The van der Waals surface area contributed by atoms with E-state index >= 15 is 0 Å². The second-order valence-corrected chi connectivity index (χ2v) is 11.5. The molecule has 0 saturated carbocycles. The van der Waals surface area contributed by atoms with Crippen LogP contribution in [0.25, 0.3) is 0 Å². The van der Waals surface area contributed by atoms with E-state index in [-0.39, 0.29) is 20.1 Å². The SMILES string of the molecule is C#CC.c1ccc(B2c3cccc4c3N3c5c2cccc5B(c2ccccc2)c2cccc(c23)B4c2ccccc2)cc1. The molecule has 1 nitrogen and oxygen atoms in total. The van der Waals surface area contributed by atoms with Gasteiger partial charge in [-0.2, -0.15) is 0 Å². The van der Waals surface area contributed by atoms with Crippen molar-refractivity contribution in [1.82, 2.24) is 0 Å². The highest BCUT2D eigenvalue weighted by molar-refractivity contribution is 7.06. The molecule has 0 amide bonds. The second-order valence-electron chi connectivity index (χ2n) is 11.5. The van der Waals surface area contributed by atoms with Gasteiger partial charge in [0, 0.05) is 17.1 Å². The number of rotatable bonds is 3. The number of hydrogen-bond donors (Lipinski definition) is 0. The highest BCUT2D eigenvalue weighted by atomic mass is 15.2. The van der Waals surface area contributed by atoms with Gasteiger partial charge in [0.1, 0.15) is 0 Å². The third-order valence-corrected chi connectivity index (χ3v) is 9.23. The molecule has 0 fully saturated rings. The molecule has 4 heteroatoms. The maximum atomic E-state index is 4.60. The Bertz CT molecular complexity index is 1720. The van der Waals surface area contributed by atoms with E-state index in [1.165, 1.54) is 66.2 Å². The number of nitrogens with zero attached hydrogens (tertiary/aromatic N) is 1. The summed E-state index contributed by atoms with van der Waals surface area (Å²) in [7, 11) is 0. The molecule has 198 valence electrons. The molecule has 0 radical (unpaired) electrons. The number of hydrogen-bond acceptors (Lipinski definition) is 1. The van der Waals surface area contributed by atoms with Gasteiger partial charge in [-0.1, -0.05) is 162 Å². The van der Waals surface area contributed by atoms with Crippen molar-refractivity contribution >= 4 is 86.4 Å². The molecule has 6 aromatic carbocycles. The Balaban J connectivity index is 0.000000892. The van der Waals surface area contributed by atoms with Crippen LogP contribution in [0.1, 0.15) is 6.92 Å². The smallest absolute Gasteiger partial charge is 0.246 e. The van der Waals surface area contributed by atoms with E-state index in [9.17, 15) is 0 Å². The van der Waals surface area contributed by atoms with Crippen molar-refractivity contribution in [3.63, 3.8) is 0 Å². The Morgan fingerprint density at radius 1 is 0.395 bits per heavy atom. The Kier molecular flexibility index (Phi) is 6.13. The largest absolute Gasteiger partial charge is 0.314 e. The molecular formula is C39H28B3N. The topological polar surface area (TPSA) is 3.24 Å². The quantitative estimate of drug-likeness (QED) is 0.245. The molecule has 0 saturated heterocycles. The van der Waals surface area contributed by atoms with Crippen molar-refractivity contribution in [2.24, 2.45) is 0 Å². The minimum Gasteiger partial charge on any atom is -0.314 e. The van der Waals surface area contributed by atoms with Gasteiger partial charge in [0.05, 0.1) is 0 Å². The van der Waals surface area contributed by atoms with Crippen LogP contribution in [-0.4, -0.2) is 20.1 Å². The van der Waals surface area contributed by atoms with Crippen molar-refractivity contribution in [2.45, 2.75) is 6.92 Å². The predicted molar refractivity (Wildman–Crippen MR) is 189 cm³/mol. The number of terminal acetylenes is 1. The van der Waals surface area contributed by atoms with Crippen LogP contribution >= 0.6 is 0 Å². The molecule has 43 heavy (non-hydrogen) atoms. The average Bonchev–Trinajstić information content (AvgIpc) is 3.07. The Morgan fingerprint density at radius 3 is 0.860 bits per heavy atom. The maximum absolute atomic E-state index is 4.60. The van der Waals surface area contributed by atoms with Crippen LogP contribution in [0, 0.1) is 12.3 Å². The van der Waals surface area contributed by atoms with Crippen LogP contribution in [0.4, 0.5) is 17.1 Å². The van der Waals surface area contributed by atoms with Gasteiger partial charge in [-0.3, -0.25) is 0 Å². The third kappa shape index (κ3) is 3.78. The molecule has 3 aliphatic rings. The first-order valence-corrected chi connectivity index (χ1v) is 15.0. The zero-order valence-electron chi connectivity index (χ0n) is 24.1. The lowest BCUT2D eigenvalue weighted by atomic mass is 9.26. The summed E-state index contributed by atoms with van der Waals surface area (Å²) in [5.74, 6) is 2.25. The van der Waals surface area contributed by atoms with Gasteiger partial charge >= 0.3 is 0 Å². The lowest BCUT2D eigenvalue weighted by Gasteiger charge is -2.49. The van der Waals surface area contributed by atoms with Gasteiger partial charge in [0.15, 0.2) is 0 Å². The van der Waals surface area contributed by atoms with Gasteiger partial charge in [0.25, 0.3) is 0 Å². The van der Waals surface area contributed by atoms with Gasteiger partial charge in [0.2, 0.25) is 20.1 Å². The van der Waals surface area contributed by atoms with Gasteiger partial charge in [-0.25, -0.2) is 0 Å². The van der Waals surface area contributed by atoms with Crippen molar-refractivity contribution in [2.75, 3.05) is 4.90 Å². The Hall–Kier alpha value is -5.13. The molecule has 0 unspecified atom stereocenters. The first-order valence-electron chi connectivity index (χ1n) is 15.0. The number of benzene rings is 6. The zero-order valence-corrected chi connectivity index (χ0v) is 24.1. The molecule has 3 aliphatic heterocycles. The molecule has 3 heterocycles. The second kappa shape index (κ2) is 10.3. The van der Waals surface area contributed by atoms with Crippen molar-refractivity contribution in [1.29, 1.82) is 0 Å². The van der Waals surface area contributed by atoms with E-state index in [0.29, 0.717) is 0 Å². The van der Waals surface area contributed by atoms with Gasteiger partial charge in [-0.05, 0) is 39.7 Å². The van der Waals surface area contributed by atoms with Crippen LogP contribution in [-0.2, 0) is 0 Å². The fourth-order valence-electron chi connectivity index (χ4n) is 7.76. The molecule has 0 bridgehead atoms. The Labute approximate surface area is 255 Å². The lowest BCUT2D eigenvalue weighted by molar-refractivity contribution is 1.31. The summed E-state index contributed by atoms with van der Waals surface area (Å²) in [5, 5.41) is 0. The lowest BCUT2D eigenvalue weighted by Crippen LogP contribution is -2.71. The zero-order chi connectivity index (χ0) is 28.9. The number of para-hydroxylation sites is 3. The summed E-state index contributed by atoms with van der Waals surface area (Å²) in [5.41, 5.74) is 16.5. The summed E-state index contributed by atoms with van der Waals surface area (Å²) in [6.45, 7) is 2.20. The molecule has 0 spiro atoms. The van der Waals surface area contributed by atoms with Crippen molar-refractivity contribution in [3.8, 4) is 12.3 Å². The third-order valence-electron chi connectivity index (χ3n) is 9.23. The highest BCUT2D eigenvalue weighted by Gasteiger charge is 2.48. The highest BCUT2D eigenvalue weighted by Crippen LogP contribution is 2.38. The van der Waals surface area contributed by atoms with Crippen LogP contribution < -0.4 is 54.1 Å². The number of anilines is 3. The van der Waals surface area contributed by atoms with Crippen LogP contribution in [0.3, 0.4) is 0 Å². The molecular weight excluding hydrogens is 515 g/mol. The normalized spacial score (nSPS) is 13.0. The van der Waals surface area contributed by atoms with E-state index in [0.717, 1.165) is 0 Å². The van der Waals surface area contributed by atoms with Crippen molar-refractivity contribution in [3.05, 3.63) is 146 Å². The molecule has 6 aromatic rings. The van der Waals surface area contributed by atoms with Crippen LogP contribution in [0.15, 0.2) is 146 Å². The van der Waals surface area contributed by atoms with Gasteiger partial charge < -0.3 is 4.90 Å². The fraction of sp³-hybridized carbons (Fsp3) is 0.0256. The van der Waals surface area contributed by atoms with E-state index < -0.39 is 0 Å². The minimum atomic E-state index is 0.182. The standard InChI is InChI=1S/C36H24B3N.C3H4/c1-4-13-25(14-5-1)37-28-19-10-21-30-34(28)40-35-29(37)20-11-22-31(35)39(27-17-8-3-9-18-27)33-24-12-23-32(36(33)40)38(30)26-15-6-2-7-16-26;1-3-2/h1-24H;1H,2H3. The average molecular weight is 543 g/mol. The predicted octanol–water partition coefficient (Wildman–Crippen LogP) is 2.28. The summed E-state index contributed by atoms with van der Waals surface area (Å²) >= 11 is 0. The molecule has 0 atom stereocenters. The monoisotopic (exact) mass is 543 g/mol. The van der Waals surface area contributed by atoms with Gasteiger partial charge in [-0.15, -0.1) is 12.3 Å². The summed E-state index contributed by atoms with van der Waals surface area (Å²) < 4.78 is 0. The van der Waals surface area contributed by atoms with Crippen molar-refractivity contribution < 1.29 is 0 Å². The van der Waals surface area contributed by atoms with E-state index in [1.807, 2.05) is 0 Å². The summed E-state index contributed by atoms with van der Waals surface area (Å²) in [4.78, 5) is 2.64. The first kappa shape index (κ1) is 25.6. The molecule has 9 rings (SSSR count). The molecule has 0 N–H and O–H groups in total. The van der Waals surface area contributed by atoms with Crippen LogP contribution in [0.5, 0.6) is 0 Å². The maximum Gasteiger partial charge on any atom is 0.246 e. The minimum absolute atomic E-state index is 0.182. The first-order chi connectivity index (χ1) is 21.3. The fourth-order valence-corrected chi connectivity index (χ4v) is 7.76. The Morgan fingerprint density at radius 2 is 0.628 bits per heavy atom. The van der Waals surface area contributed by atoms with E-state index in [1.54, 1.807) is 6.92 Å². The summed E-state index contributed by atoms with van der Waals surface area (Å²) in [6, 6.07) is 54.3.